The zero-order chi connectivity index (χ0) is 23.6. The van der Waals surface area contributed by atoms with Gasteiger partial charge in [0.15, 0.2) is 0 Å². The summed E-state index contributed by atoms with van der Waals surface area (Å²) in [4.78, 5) is 29.1. The average Bonchev–Trinajstić information content (AvgIpc) is 2.78. The molecule has 4 bridgehead atoms. The minimum atomic E-state index is -0.486. The van der Waals surface area contributed by atoms with Gasteiger partial charge in [0, 0.05) is 18.5 Å². The lowest BCUT2D eigenvalue weighted by Crippen LogP contribution is -2.58. The van der Waals surface area contributed by atoms with E-state index in [-0.39, 0.29) is 23.1 Å². The van der Waals surface area contributed by atoms with Gasteiger partial charge in [0.25, 0.3) is 0 Å². The van der Waals surface area contributed by atoms with Crippen molar-refractivity contribution in [1.29, 1.82) is 0 Å². The molecule has 0 radical (unpaired) electrons. The molecule has 5 heteroatoms. The van der Waals surface area contributed by atoms with Crippen molar-refractivity contribution in [3.05, 3.63) is 35.4 Å². The molecule has 1 atom stereocenters. The Kier molecular flexibility index (Phi) is 7.47. The largest absolute Gasteiger partial charge is 0.350 e. The second-order valence-corrected chi connectivity index (χ2v) is 11.3. The molecule has 1 aromatic rings. The van der Waals surface area contributed by atoms with Gasteiger partial charge in [-0.2, -0.15) is 0 Å². The van der Waals surface area contributed by atoms with E-state index in [2.05, 4.69) is 47.6 Å². The van der Waals surface area contributed by atoms with E-state index in [1.807, 2.05) is 19.9 Å². The number of amides is 2. The van der Waals surface area contributed by atoms with Crippen molar-refractivity contribution in [2.75, 3.05) is 13.1 Å². The molecule has 0 spiro atoms. The number of hydrogen-bond acceptors (Lipinski definition) is 3. The van der Waals surface area contributed by atoms with Gasteiger partial charge < -0.3 is 10.6 Å². The molecule has 5 nitrogen and oxygen atoms in total. The van der Waals surface area contributed by atoms with Crippen LogP contribution in [0.15, 0.2) is 24.3 Å². The zero-order valence-corrected chi connectivity index (χ0v) is 21.0. The molecular weight excluding hydrogens is 410 g/mol. The molecule has 4 aliphatic rings. The van der Waals surface area contributed by atoms with Gasteiger partial charge in [0.2, 0.25) is 11.8 Å². The summed E-state index contributed by atoms with van der Waals surface area (Å²) in [5.74, 6) is 2.27. The highest BCUT2D eigenvalue weighted by atomic mass is 16.2. The van der Waals surface area contributed by atoms with Crippen LogP contribution in [0.3, 0.4) is 0 Å². The van der Waals surface area contributed by atoms with Crippen molar-refractivity contribution in [2.24, 2.45) is 29.1 Å². The van der Waals surface area contributed by atoms with Gasteiger partial charge in [-0.1, -0.05) is 52.0 Å². The van der Waals surface area contributed by atoms with Crippen LogP contribution in [-0.4, -0.2) is 35.8 Å². The molecule has 4 fully saturated rings. The zero-order valence-electron chi connectivity index (χ0n) is 21.0. The predicted molar refractivity (Wildman–Crippen MR) is 132 cm³/mol. The van der Waals surface area contributed by atoms with Crippen LogP contribution in [0.5, 0.6) is 0 Å². The first-order chi connectivity index (χ1) is 15.8. The van der Waals surface area contributed by atoms with Crippen molar-refractivity contribution in [1.82, 2.24) is 15.5 Å². The highest BCUT2D eigenvalue weighted by Gasteiger charge is 2.55. The molecule has 0 aromatic heterocycles. The quantitative estimate of drug-likeness (QED) is 0.548. The molecule has 2 N–H and O–H groups in total. The summed E-state index contributed by atoms with van der Waals surface area (Å²) in [6, 6.07) is 7.85. The fourth-order valence-electron chi connectivity index (χ4n) is 7.08. The fraction of sp³-hybridized carbons (Fsp3) is 0.714. The van der Waals surface area contributed by atoms with Crippen molar-refractivity contribution >= 4 is 11.8 Å². The van der Waals surface area contributed by atoms with Crippen LogP contribution in [0.2, 0.25) is 0 Å². The number of benzene rings is 1. The van der Waals surface area contributed by atoms with Gasteiger partial charge in [-0.3, -0.25) is 14.5 Å². The van der Waals surface area contributed by atoms with Crippen molar-refractivity contribution in [2.45, 2.75) is 85.4 Å². The number of carbonyl (C=O) groups excluding carboxylic acids is 2. The summed E-state index contributed by atoms with van der Waals surface area (Å²) < 4.78 is 0. The molecule has 2 amide bonds. The van der Waals surface area contributed by atoms with Gasteiger partial charge in [0.1, 0.15) is 6.04 Å². The number of hydrogen-bond donors (Lipinski definition) is 2. The van der Waals surface area contributed by atoms with Crippen LogP contribution in [0.1, 0.15) is 77.3 Å². The Morgan fingerprint density at radius 1 is 0.970 bits per heavy atom. The summed E-state index contributed by atoms with van der Waals surface area (Å²) in [7, 11) is 0. The van der Waals surface area contributed by atoms with E-state index in [4.69, 9.17) is 0 Å². The summed E-state index contributed by atoms with van der Waals surface area (Å²) in [5, 5.41) is 6.35. The first kappa shape index (κ1) is 24.3. The van der Waals surface area contributed by atoms with Crippen LogP contribution in [0.4, 0.5) is 0 Å². The van der Waals surface area contributed by atoms with Crippen LogP contribution < -0.4 is 10.6 Å². The topological polar surface area (TPSA) is 61.4 Å². The molecule has 0 aliphatic heterocycles. The lowest BCUT2D eigenvalue weighted by atomic mass is 9.49. The van der Waals surface area contributed by atoms with Crippen LogP contribution in [-0.2, 0) is 22.7 Å². The molecular formula is C28H43N3O2. The third kappa shape index (κ3) is 5.29. The molecule has 5 rings (SSSR count). The summed E-state index contributed by atoms with van der Waals surface area (Å²) in [6.45, 7) is 11.8. The Labute approximate surface area is 200 Å². The van der Waals surface area contributed by atoms with Gasteiger partial charge >= 0.3 is 0 Å². The second-order valence-electron chi connectivity index (χ2n) is 11.3. The maximum atomic E-state index is 13.5. The smallest absolute Gasteiger partial charge is 0.243 e. The van der Waals surface area contributed by atoms with E-state index in [1.54, 1.807) is 0 Å². The Morgan fingerprint density at radius 2 is 1.52 bits per heavy atom. The summed E-state index contributed by atoms with van der Waals surface area (Å²) >= 11 is 0. The van der Waals surface area contributed by atoms with E-state index in [0.29, 0.717) is 6.54 Å². The number of nitrogens with zero attached hydrogens (tertiary/aromatic N) is 1. The predicted octanol–water partition coefficient (Wildman–Crippen LogP) is 4.50. The van der Waals surface area contributed by atoms with E-state index >= 15 is 0 Å². The Hall–Kier alpha value is -1.88. The van der Waals surface area contributed by atoms with Crippen LogP contribution in [0.25, 0.3) is 0 Å². The second kappa shape index (κ2) is 10.2. The lowest BCUT2D eigenvalue weighted by Gasteiger charge is -2.55. The van der Waals surface area contributed by atoms with Crippen molar-refractivity contribution in [3.8, 4) is 0 Å². The Morgan fingerprint density at radius 3 is 2.03 bits per heavy atom. The van der Waals surface area contributed by atoms with E-state index in [0.717, 1.165) is 62.2 Å². The number of nitrogens with one attached hydrogen (secondary N) is 2. The molecule has 1 unspecified atom stereocenters. The van der Waals surface area contributed by atoms with Gasteiger partial charge in [-0.25, -0.2) is 0 Å². The van der Waals surface area contributed by atoms with Crippen molar-refractivity contribution < 1.29 is 9.59 Å². The minimum absolute atomic E-state index is 0.0498. The summed E-state index contributed by atoms with van der Waals surface area (Å²) in [6.07, 6.45) is 7.01. The normalized spacial score (nSPS) is 28.8. The SMILES string of the molecule is CCN(CC)Cc1ccccc1CNC(=O)C(NC(=O)C12CC3CC(CC(C3)C1)C2)C(C)C. The molecule has 0 saturated heterocycles. The molecule has 4 aliphatic carbocycles. The number of carbonyl (C=O) groups is 2. The fourth-order valence-corrected chi connectivity index (χ4v) is 7.08. The standard InChI is InChI=1S/C28H43N3O2/c1-5-31(6-2)18-24-10-8-7-9-23(24)17-29-26(32)25(19(3)4)30-27(33)28-14-20-11-21(15-28)13-22(12-20)16-28/h7-10,19-22,25H,5-6,11-18H2,1-4H3,(H,29,32)(H,30,33). The van der Waals surface area contributed by atoms with Gasteiger partial charge in [-0.05, 0) is 86.4 Å². The third-order valence-corrected chi connectivity index (χ3v) is 8.62. The van der Waals surface area contributed by atoms with E-state index < -0.39 is 6.04 Å². The summed E-state index contributed by atoms with van der Waals surface area (Å²) in [5.41, 5.74) is 2.17. The molecule has 0 heterocycles. The van der Waals surface area contributed by atoms with Crippen LogP contribution >= 0.6 is 0 Å². The minimum Gasteiger partial charge on any atom is -0.350 e. The maximum Gasteiger partial charge on any atom is 0.243 e. The van der Waals surface area contributed by atoms with Gasteiger partial charge in [-0.15, -0.1) is 0 Å². The molecule has 4 saturated carbocycles. The lowest BCUT2D eigenvalue weighted by molar-refractivity contribution is -0.149. The average molecular weight is 454 g/mol. The molecule has 1 aromatic carbocycles. The maximum absolute atomic E-state index is 13.5. The molecule has 33 heavy (non-hydrogen) atoms. The first-order valence-corrected chi connectivity index (χ1v) is 13.2. The Balaban J connectivity index is 1.39. The first-order valence-electron chi connectivity index (χ1n) is 13.2. The Bertz CT molecular complexity index is 810. The van der Waals surface area contributed by atoms with E-state index in [1.165, 1.54) is 24.8 Å². The van der Waals surface area contributed by atoms with Crippen LogP contribution in [0, 0.1) is 29.1 Å². The third-order valence-electron chi connectivity index (χ3n) is 8.62. The highest BCUT2D eigenvalue weighted by Crippen LogP contribution is 2.60. The molecule has 182 valence electrons. The number of rotatable bonds is 10. The van der Waals surface area contributed by atoms with Crippen molar-refractivity contribution in [3.63, 3.8) is 0 Å². The monoisotopic (exact) mass is 453 g/mol. The van der Waals surface area contributed by atoms with Gasteiger partial charge in [0.05, 0.1) is 0 Å². The highest BCUT2D eigenvalue weighted by molar-refractivity contribution is 5.90. The van der Waals surface area contributed by atoms with E-state index in [9.17, 15) is 9.59 Å².